The van der Waals surface area contributed by atoms with E-state index < -0.39 is 6.10 Å². The van der Waals surface area contributed by atoms with Gasteiger partial charge >= 0.3 is 5.97 Å². The summed E-state index contributed by atoms with van der Waals surface area (Å²) in [5.74, 6) is 0.317. The Morgan fingerprint density at radius 2 is 1.56 bits per heavy atom. The number of ether oxygens (including phenoxy) is 2. The highest BCUT2D eigenvalue weighted by Crippen LogP contribution is 2.44. The lowest BCUT2D eigenvalue weighted by atomic mass is 9.99. The maximum absolute atomic E-state index is 12.1. The van der Waals surface area contributed by atoms with Crippen LogP contribution >= 0.6 is 43.2 Å². The number of fused-ring (bicyclic) bond motifs is 3. The van der Waals surface area contributed by atoms with Crippen LogP contribution in [0.15, 0.2) is 93.9 Å². The number of halogens is 2. The number of thiophene rings is 1. The summed E-state index contributed by atoms with van der Waals surface area (Å²) in [4.78, 5) is 12.1. The summed E-state index contributed by atoms with van der Waals surface area (Å²) in [7, 11) is 1.39. The van der Waals surface area contributed by atoms with Crippen LogP contribution in [0.5, 0.6) is 5.75 Å². The first-order valence-corrected chi connectivity index (χ1v) is 13.1. The van der Waals surface area contributed by atoms with Crippen molar-refractivity contribution in [2.75, 3.05) is 7.11 Å². The molecule has 0 bridgehead atoms. The number of hydrogen-bond donors (Lipinski definition) is 0. The summed E-state index contributed by atoms with van der Waals surface area (Å²) in [5.41, 5.74) is 3.15. The van der Waals surface area contributed by atoms with Crippen molar-refractivity contribution in [3.63, 3.8) is 0 Å². The number of methoxy groups -OCH3 is 1. The molecular weight excluding hydrogens is 576 g/mol. The molecule has 0 aliphatic rings. The molecule has 0 fully saturated rings. The molecule has 0 spiro atoms. The summed E-state index contributed by atoms with van der Waals surface area (Å²) in [5, 5.41) is 2.51. The molecule has 1 unspecified atom stereocenters. The number of rotatable bonds is 6. The van der Waals surface area contributed by atoms with E-state index in [1.807, 2.05) is 30.3 Å². The fourth-order valence-electron chi connectivity index (χ4n) is 4.12. The van der Waals surface area contributed by atoms with E-state index in [-0.39, 0.29) is 12.4 Å². The van der Waals surface area contributed by atoms with Gasteiger partial charge in [-0.1, -0.05) is 60.7 Å². The highest BCUT2D eigenvalue weighted by atomic mass is 79.9. The van der Waals surface area contributed by atoms with Crippen LogP contribution in [0.1, 0.15) is 18.1 Å². The van der Waals surface area contributed by atoms with Crippen molar-refractivity contribution in [3.05, 3.63) is 99.4 Å². The fraction of sp³-hybridized carbons (Fsp3) is 0.107. The molecule has 0 saturated heterocycles. The molecule has 0 N–H and O–H groups in total. The molecule has 5 aromatic rings. The standard InChI is InChI=1S/C28H20Br2O3S/c1-32-26(31)16-23(17-8-3-2-4-9-17)33-28-21(29)14-18(15-22(28)30)19-11-7-13-25-27(19)20-10-5-6-12-24(20)34-25/h2-15,23H,16H2,1H3. The lowest BCUT2D eigenvalue weighted by Gasteiger charge is -2.21. The zero-order valence-corrected chi connectivity index (χ0v) is 22.2. The Hall–Kier alpha value is -2.67. The highest BCUT2D eigenvalue weighted by Gasteiger charge is 2.22. The van der Waals surface area contributed by atoms with Crippen LogP contribution in [0.4, 0.5) is 0 Å². The second-order valence-electron chi connectivity index (χ2n) is 7.84. The normalized spacial score (nSPS) is 12.1. The van der Waals surface area contributed by atoms with Gasteiger partial charge in [0.1, 0.15) is 11.9 Å². The van der Waals surface area contributed by atoms with E-state index >= 15 is 0 Å². The number of carbonyl (C=O) groups excluding carboxylic acids is 1. The third-order valence-corrected chi connectivity index (χ3v) is 8.04. The maximum Gasteiger partial charge on any atom is 0.309 e. The molecule has 34 heavy (non-hydrogen) atoms. The average Bonchev–Trinajstić information content (AvgIpc) is 3.24. The second-order valence-corrected chi connectivity index (χ2v) is 10.6. The third kappa shape index (κ3) is 4.50. The Labute approximate surface area is 218 Å². The van der Waals surface area contributed by atoms with Gasteiger partial charge in [-0.15, -0.1) is 11.3 Å². The van der Waals surface area contributed by atoms with Crippen LogP contribution in [0, 0.1) is 0 Å². The maximum atomic E-state index is 12.1. The van der Waals surface area contributed by atoms with Gasteiger partial charge in [-0.05, 0) is 72.8 Å². The minimum absolute atomic E-state index is 0.112. The second kappa shape index (κ2) is 9.90. The molecule has 0 saturated carbocycles. The van der Waals surface area contributed by atoms with E-state index in [0.29, 0.717) is 5.75 Å². The Morgan fingerprint density at radius 3 is 2.29 bits per heavy atom. The van der Waals surface area contributed by atoms with Gasteiger partial charge < -0.3 is 9.47 Å². The van der Waals surface area contributed by atoms with Gasteiger partial charge in [0.05, 0.1) is 22.5 Å². The number of esters is 1. The smallest absolute Gasteiger partial charge is 0.309 e. The van der Waals surface area contributed by atoms with Crippen molar-refractivity contribution in [1.29, 1.82) is 0 Å². The summed E-state index contributed by atoms with van der Waals surface area (Å²) in [6.45, 7) is 0. The zero-order valence-electron chi connectivity index (χ0n) is 18.3. The molecule has 1 atom stereocenters. The van der Waals surface area contributed by atoms with E-state index in [9.17, 15) is 4.79 Å². The van der Waals surface area contributed by atoms with E-state index in [4.69, 9.17) is 9.47 Å². The first-order chi connectivity index (χ1) is 16.5. The van der Waals surface area contributed by atoms with Crippen LogP contribution < -0.4 is 4.74 Å². The van der Waals surface area contributed by atoms with Crippen molar-refractivity contribution >= 4 is 69.3 Å². The summed E-state index contributed by atoms with van der Waals surface area (Å²) < 4.78 is 15.4. The van der Waals surface area contributed by atoms with Gasteiger partial charge in [-0.25, -0.2) is 0 Å². The van der Waals surface area contributed by atoms with Crippen molar-refractivity contribution in [1.82, 2.24) is 0 Å². The van der Waals surface area contributed by atoms with Crippen LogP contribution in [-0.4, -0.2) is 13.1 Å². The van der Waals surface area contributed by atoms with Gasteiger partial charge in [0.2, 0.25) is 0 Å². The number of hydrogen-bond acceptors (Lipinski definition) is 4. The molecule has 0 aliphatic heterocycles. The van der Waals surface area contributed by atoms with Crippen LogP contribution in [0.25, 0.3) is 31.3 Å². The number of benzene rings is 4. The van der Waals surface area contributed by atoms with Crippen LogP contribution in [0.2, 0.25) is 0 Å². The fourth-order valence-corrected chi connectivity index (χ4v) is 6.62. The first kappa shape index (κ1) is 23.1. The van der Waals surface area contributed by atoms with Gasteiger partial charge in [0, 0.05) is 20.2 Å². The lowest BCUT2D eigenvalue weighted by molar-refractivity contribution is -0.142. The predicted molar refractivity (Wildman–Crippen MR) is 147 cm³/mol. The molecule has 1 aromatic heterocycles. The Bertz CT molecular complexity index is 1470. The highest BCUT2D eigenvalue weighted by molar-refractivity contribution is 9.11. The van der Waals surface area contributed by atoms with E-state index in [2.05, 4.69) is 86.5 Å². The van der Waals surface area contributed by atoms with Gasteiger partial charge in [-0.2, -0.15) is 0 Å². The minimum atomic E-state index is -0.476. The third-order valence-electron chi connectivity index (χ3n) is 5.72. The largest absolute Gasteiger partial charge is 0.483 e. The van der Waals surface area contributed by atoms with Gasteiger partial charge in [0.15, 0.2) is 0 Å². The first-order valence-electron chi connectivity index (χ1n) is 10.7. The van der Waals surface area contributed by atoms with Crippen molar-refractivity contribution in [2.24, 2.45) is 0 Å². The Morgan fingerprint density at radius 1 is 0.882 bits per heavy atom. The predicted octanol–water partition coefficient (Wildman–Crippen LogP) is 8.93. The Balaban J connectivity index is 1.56. The Kier molecular flexibility index (Phi) is 6.73. The SMILES string of the molecule is COC(=O)CC(Oc1c(Br)cc(-c2cccc3sc4ccccc4c23)cc1Br)c1ccccc1. The monoisotopic (exact) mass is 594 g/mol. The van der Waals surface area contributed by atoms with Gasteiger partial charge in [0.25, 0.3) is 0 Å². The van der Waals surface area contributed by atoms with Crippen molar-refractivity contribution in [3.8, 4) is 16.9 Å². The summed E-state index contributed by atoms with van der Waals surface area (Å²) >= 11 is 9.24. The average molecular weight is 596 g/mol. The quantitative estimate of drug-likeness (QED) is 0.184. The van der Waals surface area contributed by atoms with Crippen LogP contribution in [-0.2, 0) is 9.53 Å². The minimum Gasteiger partial charge on any atom is -0.483 e. The van der Waals surface area contributed by atoms with Crippen molar-refractivity contribution in [2.45, 2.75) is 12.5 Å². The summed E-state index contributed by atoms with van der Waals surface area (Å²) in [6.07, 6.45) is -0.363. The van der Waals surface area contributed by atoms with Gasteiger partial charge in [-0.3, -0.25) is 4.79 Å². The molecule has 3 nitrogen and oxygen atoms in total. The zero-order chi connectivity index (χ0) is 23.7. The molecule has 5 rings (SSSR count). The van der Waals surface area contributed by atoms with E-state index in [1.165, 1.54) is 27.3 Å². The topological polar surface area (TPSA) is 35.5 Å². The molecule has 4 aromatic carbocycles. The lowest BCUT2D eigenvalue weighted by Crippen LogP contribution is -2.14. The molecule has 6 heteroatoms. The van der Waals surface area contributed by atoms with E-state index in [1.54, 1.807) is 11.3 Å². The molecule has 0 amide bonds. The summed E-state index contributed by atoms with van der Waals surface area (Å²) in [6, 6.07) is 28.8. The van der Waals surface area contributed by atoms with Crippen LogP contribution in [0.3, 0.4) is 0 Å². The molecule has 170 valence electrons. The molecule has 1 heterocycles. The van der Waals surface area contributed by atoms with Crippen molar-refractivity contribution < 1.29 is 14.3 Å². The molecular formula is C28H20Br2O3S. The van der Waals surface area contributed by atoms with E-state index in [0.717, 1.165) is 25.6 Å². The molecule has 0 radical (unpaired) electrons. The molecule has 0 aliphatic carbocycles. The number of carbonyl (C=O) groups is 1.